The summed E-state index contributed by atoms with van der Waals surface area (Å²) in [6.45, 7) is 4.05. The van der Waals surface area contributed by atoms with Gasteiger partial charge in [0.15, 0.2) is 0 Å². The molecular weight excluding hydrogens is 150 g/mol. The van der Waals surface area contributed by atoms with Crippen molar-refractivity contribution in [2.24, 2.45) is 11.7 Å². The molecule has 1 heterocycles. The maximum atomic E-state index is 6.05. The number of rotatable bonds is 4. The topological polar surface area (TPSA) is 35.2 Å². The highest BCUT2D eigenvalue weighted by Gasteiger charge is 2.20. The second-order valence-electron chi connectivity index (χ2n) is 3.78. The Hall–Kier alpha value is -0.0800. The van der Waals surface area contributed by atoms with Crippen LogP contribution in [0.2, 0.25) is 0 Å². The van der Waals surface area contributed by atoms with Gasteiger partial charge in [-0.15, -0.1) is 0 Å². The molecular formula is C10H21NO. The largest absolute Gasteiger partial charge is 0.381 e. The van der Waals surface area contributed by atoms with Crippen molar-refractivity contribution in [3.63, 3.8) is 0 Å². The summed E-state index contributed by atoms with van der Waals surface area (Å²) in [5.41, 5.74) is 6.05. The highest BCUT2D eigenvalue weighted by molar-refractivity contribution is 4.74. The lowest BCUT2D eigenvalue weighted by molar-refractivity contribution is 0.0435. The van der Waals surface area contributed by atoms with E-state index in [4.69, 9.17) is 10.5 Å². The van der Waals surface area contributed by atoms with Gasteiger partial charge in [0.25, 0.3) is 0 Å². The maximum Gasteiger partial charge on any atom is 0.0509 e. The molecule has 0 amide bonds. The smallest absolute Gasteiger partial charge is 0.0509 e. The van der Waals surface area contributed by atoms with Crippen LogP contribution in [0.4, 0.5) is 0 Å². The Bertz CT molecular complexity index is 110. The van der Waals surface area contributed by atoms with Crippen molar-refractivity contribution < 1.29 is 4.74 Å². The zero-order valence-electron chi connectivity index (χ0n) is 8.09. The van der Waals surface area contributed by atoms with Crippen LogP contribution in [0.15, 0.2) is 0 Å². The van der Waals surface area contributed by atoms with Crippen LogP contribution >= 0.6 is 0 Å². The number of hydrogen-bond donors (Lipinski definition) is 1. The van der Waals surface area contributed by atoms with Gasteiger partial charge >= 0.3 is 0 Å². The third kappa shape index (κ3) is 3.11. The summed E-state index contributed by atoms with van der Waals surface area (Å²) in [6, 6.07) is 0.380. The molecule has 1 saturated heterocycles. The van der Waals surface area contributed by atoms with Crippen LogP contribution < -0.4 is 5.73 Å². The molecule has 2 nitrogen and oxygen atoms in total. The van der Waals surface area contributed by atoms with Gasteiger partial charge in [-0.2, -0.15) is 0 Å². The van der Waals surface area contributed by atoms with E-state index in [1.165, 1.54) is 32.1 Å². The van der Waals surface area contributed by atoms with Crippen molar-refractivity contribution in [1.29, 1.82) is 0 Å². The van der Waals surface area contributed by atoms with E-state index in [0.717, 1.165) is 13.2 Å². The van der Waals surface area contributed by atoms with Crippen molar-refractivity contribution >= 4 is 0 Å². The molecule has 1 aliphatic heterocycles. The minimum absolute atomic E-state index is 0.380. The summed E-state index contributed by atoms with van der Waals surface area (Å²) < 4.78 is 5.40. The fourth-order valence-corrected chi connectivity index (χ4v) is 1.78. The zero-order valence-corrected chi connectivity index (χ0v) is 8.09. The number of nitrogens with two attached hydrogens (primary N) is 1. The first-order chi connectivity index (χ1) is 5.84. The lowest BCUT2D eigenvalue weighted by Crippen LogP contribution is -2.35. The first-order valence-corrected chi connectivity index (χ1v) is 5.18. The molecule has 72 valence electrons. The third-order valence-electron chi connectivity index (χ3n) is 2.69. The van der Waals surface area contributed by atoms with E-state index in [1.807, 2.05) is 0 Å². The molecule has 2 N–H and O–H groups in total. The molecule has 0 aromatic carbocycles. The maximum absolute atomic E-state index is 6.05. The predicted octanol–water partition coefficient (Wildman–Crippen LogP) is 1.93. The minimum Gasteiger partial charge on any atom is -0.381 e. The van der Waals surface area contributed by atoms with Crippen molar-refractivity contribution in [3.8, 4) is 0 Å². The molecule has 2 unspecified atom stereocenters. The summed E-state index contributed by atoms with van der Waals surface area (Å²) in [5, 5.41) is 0. The molecule has 0 aromatic rings. The molecule has 0 aliphatic carbocycles. The van der Waals surface area contributed by atoms with Gasteiger partial charge in [0.1, 0.15) is 0 Å². The van der Waals surface area contributed by atoms with Gasteiger partial charge in [0, 0.05) is 12.6 Å². The molecule has 1 fully saturated rings. The first kappa shape index (κ1) is 10.0. The first-order valence-electron chi connectivity index (χ1n) is 5.18. The van der Waals surface area contributed by atoms with Gasteiger partial charge in [-0.1, -0.05) is 19.8 Å². The van der Waals surface area contributed by atoms with Gasteiger partial charge in [-0.25, -0.2) is 0 Å². The number of hydrogen-bond acceptors (Lipinski definition) is 2. The van der Waals surface area contributed by atoms with Crippen LogP contribution in [0.1, 0.15) is 39.0 Å². The monoisotopic (exact) mass is 171 g/mol. The standard InChI is InChI=1S/C10H21NO/c1-2-3-6-10(11)9-5-4-7-12-8-9/h9-10H,2-8,11H2,1H3. The van der Waals surface area contributed by atoms with Crippen molar-refractivity contribution in [2.45, 2.75) is 45.1 Å². The van der Waals surface area contributed by atoms with Gasteiger partial charge in [0.05, 0.1) is 6.61 Å². The van der Waals surface area contributed by atoms with Crippen molar-refractivity contribution in [2.75, 3.05) is 13.2 Å². The van der Waals surface area contributed by atoms with E-state index in [-0.39, 0.29) is 0 Å². The van der Waals surface area contributed by atoms with Crippen LogP contribution in [0.5, 0.6) is 0 Å². The SMILES string of the molecule is CCCCC(N)C1CCCOC1. The fraction of sp³-hybridized carbons (Fsp3) is 1.00. The van der Waals surface area contributed by atoms with Crippen LogP contribution in [-0.2, 0) is 4.74 Å². The molecule has 0 bridgehead atoms. The normalized spacial score (nSPS) is 27.0. The Balaban J connectivity index is 2.15. The average molecular weight is 171 g/mol. The summed E-state index contributed by atoms with van der Waals surface area (Å²) in [4.78, 5) is 0. The molecule has 2 heteroatoms. The van der Waals surface area contributed by atoms with E-state index in [1.54, 1.807) is 0 Å². The number of unbranched alkanes of at least 4 members (excludes halogenated alkanes) is 1. The molecule has 0 radical (unpaired) electrons. The molecule has 0 aromatic heterocycles. The molecule has 0 saturated carbocycles. The lowest BCUT2D eigenvalue weighted by Gasteiger charge is -2.27. The van der Waals surface area contributed by atoms with Crippen molar-refractivity contribution in [3.05, 3.63) is 0 Å². The average Bonchev–Trinajstić information content (AvgIpc) is 2.15. The van der Waals surface area contributed by atoms with Crippen molar-refractivity contribution in [1.82, 2.24) is 0 Å². The fourth-order valence-electron chi connectivity index (χ4n) is 1.78. The lowest BCUT2D eigenvalue weighted by atomic mass is 9.91. The summed E-state index contributed by atoms with van der Waals surface area (Å²) in [7, 11) is 0. The minimum atomic E-state index is 0.380. The van der Waals surface area contributed by atoms with E-state index < -0.39 is 0 Å². The van der Waals surface area contributed by atoms with E-state index in [2.05, 4.69) is 6.92 Å². The van der Waals surface area contributed by atoms with E-state index >= 15 is 0 Å². The predicted molar refractivity (Wildman–Crippen MR) is 51.0 cm³/mol. The highest BCUT2D eigenvalue weighted by Crippen LogP contribution is 2.19. The quantitative estimate of drug-likeness (QED) is 0.701. The Morgan fingerprint density at radius 2 is 2.42 bits per heavy atom. The molecule has 1 rings (SSSR count). The molecule has 0 spiro atoms. The molecule has 2 atom stereocenters. The van der Waals surface area contributed by atoms with Gasteiger partial charge < -0.3 is 10.5 Å². The third-order valence-corrected chi connectivity index (χ3v) is 2.69. The summed E-state index contributed by atoms with van der Waals surface area (Å²) >= 11 is 0. The second-order valence-corrected chi connectivity index (χ2v) is 3.78. The molecule has 12 heavy (non-hydrogen) atoms. The Labute approximate surface area is 75.5 Å². The second kappa shape index (κ2) is 5.55. The van der Waals surface area contributed by atoms with E-state index in [9.17, 15) is 0 Å². The van der Waals surface area contributed by atoms with E-state index in [0.29, 0.717) is 12.0 Å². The van der Waals surface area contributed by atoms with Crippen LogP contribution in [-0.4, -0.2) is 19.3 Å². The van der Waals surface area contributed by atoms with Gasteiger partial charge in [-0.3, -0.25) is 0 Å². The highest BCUT2D eigenvalue weighted by atomic mass is 16.5. The van der Waals surface area contributed by atoms with Gasteiger partial charge in [0.2, 0.25) is 0 Å². The molecule has 1 aliphatic rings. The Kier molecular flexibility index (Phi) is 4.62. The van der Waals surface area contributed by atoms with Crippen LogP contribution in [0.3, 0.4) is 0 Å². The van der Waals surface area contributed by atoms with Crippen LogP contribution in [0, 0.1) is 5.92 Å². The van der Waals surface area contributed by atoms with Crippen LogP contribution in [0.25, 0.3) is 0 Å². The zero-order chi connectivity index (χ0) is 8.81. The Morgan fingerprint density at radius 3 is 3.00 bits per heavy atom. The summed E-state index contributed by atoms with van der Waals surface area (Å²) in [6.07, 6.45) is 6.15. The summed E-state index contributed by atoms with van der Waals surface area (Å²) in [5.74, 6) is 0.630. The Morgan fingerprint density at radius 1 is 1.58 bits per heavy atom. The van der Waals surface area contributed by atoms with Gasteiger partial charge in [-0.05, 0) is 25.2 Å². The number of ether oxygens (including phenoxy) is 1.